The Labute approximate surface area is 154 Å². The van der Waals surface area contributed by atoms with Gasteiger partial charge in [0.2, 0.25) is 0 Å². The molecular formula is C20H26N4O2. The largest absolute Gasteiger partial charge is 0.351 e. The first-order valence-corrected chi connectivity index (χ1v) is 8.87. The third-order valence-corrected chi connectivity index (χ3v) is 4.04. The molecule has 1 N–H and O–H groups in total. The second-order valence-electron chi connectivity index (χ2n) is 6.68. The van der Waals surface area contributed by atoms with Gasteiger partial charge in [0.15, 0.2) is 0 Å². The van der Waals surface area contributed by atoms with Crippen LogP contribution in [0.4, 0.5) is 0 Å². The van der Waals surface area contributed by atoms with Crippen LogP contribution >= 0.6 is 0 Å². The van der Waals surface area contributed by atoms with Crippen LogP contribution in [0.2, 0.25) is 0 Å². The molecule has 0 bridgehead atoms. The van der Waals surface area contributed by atoms with E-state index in [1.54, 1.807) is 42.5 Å². The van der Waals surface area contributed by atoms with Gasteiger partial charge in [0.1, 0.15) is 11.4 Å². The molecule has 0 radical (unpaired) electrons. The summed E-state index contributed by atoms with van der Waals surface area (Å²) in [6.45, 7) is 5.37. The van der Waals surface area contributed by atoms with Crippen molar-refractivity contribution in [1.29, 1.82) is 0 Å². The molecule has 0 spiro atoms. The average molecular weight is 354 g/mol. The third kappa shape index (κ3) is 5.95. The van der Waals surface area contributed by atoms with Crippen molar-refractivity contribution in [3.63, 3.8) is 0 Å². The summed E-state index contributed by atoms with van der Waals surface area (Å²) in [4.78, 5) is 34.6. The van der Waals surface area contributed by atoms with E-state index in [4.69, 9.17) is 0 Å². The molecule has 0 aromatic carbocycles. The number of rotatable bonds is 8. The fourth-order valence-corrected chi connectivity index (χ4v) is 2.39. The first kappa shape index (κ1) is 19.6. The van der Waals surface area contributed by atoms with E-state index in [1.165, 1.54) is 0 Å². The summed E-state index contributed by atoms with van der Waals surface area (Å²) in [5.74, 6) is 0.0702. The highest BCUT2D eigenvalue weighted by Crippen LogP contribution is 2.06. The van der Waals surface area contributed by atoms with Crippen LogP contribution in [-0.4, -0.2) is 46.8 Å². The highest BCUT2D eigenvalue weighted by molar-refractivity contribution is 5.96. The van der Waals surface area contributed by atoms with Crippen molar-refractivity contribution in [3.8, 4) is 0 Å². The molecule has 26 heavy (non-hydrogen) atoms. The van der Waals surface area contributed by atoms with Crippen molar-refractivity contribution in [1.82, 2.24) is 20.2 Å². The van der Waals surface area contributed by atoms with E-state index in [0.717, 1.165) is 18.4 Å². The Morgan fingerprint density at radius 2 is 1.81 bits per heavy atom. The summed E-state index contributed by atoms with van der Waals surface area (Å²) in [5, 5.41) is 2.84. The van der Waals surface area contributed by atoms with Gasteiger partial charge in [-0.25, -0.2) is 4.98 Å². The Balaban J connectivity index is 1.94. The van der Waals surface area contributed by atoms with E-state index in [9.17, 15) is 9.59 Å². The number of amides is 2. The maximum atomic E-state index is 12.6. The van der Waals surface area contributed by atoms with Gasteiger partial charge < -0.3 is 10.2 Å². The van der Waals surface area contributed by atoms with Crippen LogP contribution in [0.25, 0.3) is 0 Å². The van der Waals surface area contributed by atoms with Crippen LogP contribution in [0.5, 0.6) is 0 Å². The normalized spacial score (nSPS) is 10.6. The fourth-order valence-electron chi connectivity index (χ4n) is 2.39. The Kier molecular flexibility index (Phi) is 7.26. The smallest absolute Gasteiger partial charge is 0.272 e. The molecule has 0 aliphatic rings. The summed E-state index contributed by atoms with van der Waals surface area (Å²) in [6, 6.07) is 8.81. The number of aromatic nitrogens is 2. The summed E-state index contributed by atoms with van der Waals surface area (Å²) < 4.78 is 0. The van der Waals surface area contributed by atoms with Gasteiger partial charge in [0.25, 0.3) is 11.8 Å². The zero-order valence-electron chi connectivity index (χ0n) is 15.6. The molecule has 6 heteroatoms. The number of nitrogens with one attached hydrogen (secondary N) is 1. The third-order valence-electron chi connectivity index (χ3n) is 4.04. The number of nitrogens with zero attached hydrogens (tertiary/aromatic N) is 3. The molecule has 0 atom stereocenters. The molecule has 0 saturated heterocycles. The molecule has 0 saturated carbocycles. The Hall–Kier alpha value is -2.76. The minimum Gasteiger partial charge on any atom is -0.351 e. The molecule has 2 aromatic heterocycles. The lowest BCUT2D eigenvalue weighted by Crippen LogP contribution is -2.31. The minimum atomic E-state index is -0.250. The van der Waals surface area contributed by atoms with Crippen LogP contribution in [0.3, 0.4) is 0 Å². The van der Waals surface area contributed by atoms with Gasteiger partial charge in [0.05, 0.1) is 0 Å². The minimum absolute atomic E-state index is 0.198. The van der Waals surface area contributed by atoms with Gasteiger partial charge in [-0.2, -0.15) is 0 Å². The Morgan fingerprint density at radius 1 is 1.12 bits per heavy atom. The molecule has 2 aromatic rings. The van der Waals surface area contributed by atoms with Crippen LogP contribution in [0, 0.1) is 5.92 Å². The predicted molar refractivity (Wildman–Crippen MR) is 101 cm³/mol. The average Bonchev–Trinajstić information content (AvgIpc) is 2.66. The molecule has 2 rings (SSSR count). The van der Waals surface area contributed by atoms with E-state index in [1.807, 2.05) is 12.1 Å². The monoisotopic (exact) mass is 354 g/mol. The zero-order chi connectivity index (χ0) is 18.9. The predicted octanol–water partition coefficient (Wildman–Crippen LogP) is 2.57. The van der Waals surface area contributed by atoms with E-state index < -0.39 is 0 Å². The molecule has 2 amide bonds. The molecule has 0 aliphatic heterocycles. The molecule has 0 unspecified atom stereocenters. The number of carbonyl (C=O) groups excluding carboxylic acids is 2. The summed E-state index contributed by atoms with van der Waals surface area (Å²) in [6.07, 6.45) is 5.11. The standard InChI is InChI=1S/C20H26N4O2/c1-15(2)7-13-22-19(25)17-5-4-6-18(23-17)20(26)24(3)14-10-16-8-11-21-12-9-16/h4-6,8-9,11-12,15H,7,10,13-14H2,1-3H3,(H,22,25). The highest BCUT2D eigenvalue weighted by atomic mass is 16.2. The lowest BCUT2D eigenvalue weighted by Gasteiger charge is -2.17. The van der Waals surface area contributed by atoms with E-state index in [-0.39, 0.29) is 23.2 Å². The van der Waals surface area contributed by atoms with Crippen molar-refractivity contribution in [2.24, 2.45) is 5.92 Å². The van der Waals surface area contributed by atoms with Crippen molar-refractivity contribution in [3.05, 3.63) is 59.7 Å². The molecule has 6 nitrogen and oxygen atoms in total. The first-order valence-electron chi connectivity index (χ1n) is 8.87. The van der Waals surface area contributed by atoms with Crippen LogP contribution in [-0.2, 0) is 6.42 Å². The van der Waals surface area contributed by atoms with Gasteiger partial charge in [-0.1, -0.05) is 19.9 Å². The number of likely N-dealkylation sites (N-methyl/N-ethyl adjacent to an activating group) is 1. The Morgan fingerprint density at radius 3 is 2.50 bits per heavy atom. The van der Waals surface area contributed by atoms with Crippen molar-refractivity contribution >= 4 is 11.8 Å². The lowest BCUT2D eigenvalue weighted by molar-refractivity contribution is 0.0790. The summed E-state index contributed by atoms with van der Waals surface area (Å²) >= 11 is 0. The van der Waals surface area contributed by atoms with E-state index in [0.29, 0.717) is 19.0 Å². The maximum Gasteiger partial charge on any atom is 0.272 e. The second kappa shape index (κ2) is 9.65. The highest BCUT2D eigenvalue weighted by Gasteiger charge is 2.15. The van der Waals surface area contributed by atoms with Gasteiger partial charge in [0, 0.05) is 32.5 Å². The summed E-state index contributed by atoms with van der Waals surface area (Å²) in [5.41, 5.74) is 1.66. The van der Waals surface area contributed by atoms with Gasteiger partial charge >= 0.3 is 0 Å². The molecule has 138 valence electrons. The number of hydrogen-bond acceptors (Lipinski definition) is 4. The van der Waals surface area contributed by atoms with Gasteiger partial charge in [-0.15, -0.1) is 0 Å². The fraction of sp³-hybridized carbons (Fsp3) is 0.400. The number of carbonyl (C=O) groups is 2. The van der Waals surface area contributed by atoms with Crippen LogP contribution in [0.15, 0.2) is 42.7 Å². The quantitative estimate of drug-likeness (QED) is 0.790. The molecule has 2 heterocycles. The van der Waals surface area contributed by atoms with Crippen LogP contribution < -0.4 is 5.32 Å². The summed E-state index contributed by atoms with van der Waals surface area (Å²) in [7, 11) is 1.74. The molecule has 0 fully saturated rings. The van der Waals surface area contributed by atoms with E-state index in [2.05, 4.69) is 29.1 Å². The van der Waals surface area contributed by atoms with Crippen molar-refractivity contribution < 1.29 is 9.59 Å². The van der Waals surface area contributed by atoms with Crippen LogP contribution in [0.1, 0.15) is 46.8 Å². The maximum absolute atomic E-state index is 12.6. The molecule has 0 aliphatic carbocycles. The SMILES string of the molecule is CC(C)CCNC(=O)c1cccc(C(=O)N(C)CCc2ccncc2)n1. The first-order chi connectivity index (χ1) is 12.5. The zero-order valence-corrected chi connectivity index (χ0v) is 15.6. The molecular weight excluding hydrogens is 328 g/mol. The van der Waals surface area contributed by atoms with Gasteiger partial charge in [-0.05, 0) is 48.6 Å². The topological polar surface area (TPSA) is 75.2 Å². The number of pyridine rings is 2. The lowest BCUT2D eigenvalue weighted by atomic mass is 10.1. The van der Waals surface area contributed by atoms with Gasteiger partial charge in [-0.3, -0.25) is 14.6 Å². The Bertz CT molecular complexity index is 732. The van der Waals surface area contributed by atoms with Crippen molar-refractivity contribution in [2.45, 2.75) is 26.7 Å². The number of hydrogen-bond donors (Lipinski definition) is 1. The second-order valence-corrected chi connectivity index (χ2v) is 6.68. The van der Waals surface area contributed by atoms with Crippen molar-refractivity contribution in [2.75, 3.05) is 20.1 Å². The van der Waals surface area contributed by atoms with E-state index >= 15 is 0 Å².